The Morgan fingerprint density at radius 2 is 2.24 bits per heavy atom. The standard InChI is InChI=1S/C15H19N5O/c1-17-14-5-2-11(9-18-14)15(21)19-6-7-20(12-3-4-12)13(8-16)10-19/h2,5,9,12-13H,3-4,6-7,10H2,1H3,(H,17,18). The van der Waals surface area contributed by atoms with Gasteiger partial charge in [-0.2, -0.15) is 5.26 Å². The second-order valence-electron chi connectivity index (χ2n) is 5.55. The fourth-order valence-corrected chi connectivity index (χ4v) is 2.79. The first-order valence-electron chi connectivity index (χ1n) is 7.31. The van der Waals surface area contributed by atoms with Crippen molar-refractivity contribution in [2.45, 2.75) is 24.9 Å². The number of nitrogens with one attached hydrogen (secondary N) is 1. The lowest BCUT2D eigenvalue weighted by Crippen LogP contribution is -2.54. The largest absolute Gasteiger partial charge is 0.373 e. The van der Waals surface area contributed by atoms with Crippen molar-refractivity contribution >= 4 is 11.7 Å². The van der Waals surface area contributed by atoms with E-state index in [-0.39, 0.29) is 11.9 Å². The van der Waals surface area contributed by atoms with E-state index in [9.17, 15) is 10.1 Å². The lowest BCUT2D eigenvalue weighted by Gasteiger charge is -2.38. The number of nitrogens with zero attached hydrogens (tertiary/aromatic N) is 4. The van der Waals surface area contributed by atoms with Crippen LogP contribution in [0.4, 0.5) is 5.82 Å². The topological polar surface area (TPSA) is 72.3 Å². The van der Waals surface area contributed by atoms with Crippen molar-refractivity contribution < 1.29 is 4.79 Å². The molecule has 6 nitrogen and oxygen atoms in total. The normalized spacial score (nSPS) is 22.7. The number of piperazine rings is 1. The molecular formula is C15H19N5O. The number of hydrogen-bond donors (Lipinski definition) is 1. The molecule has 21 heavy (non-hydrogen) atoms. The number of anilines is 1. The molecule has 1 unspecified atom stereocenters. The highest BCUT2D eigenvalue weighted by Gasteiger charge is 2.38. The van der Waals surface area contributed by atoms with Crippen LogP contribution < -0.4 is 5.32 Å². The van der Waals surface area contributed by atoms with Crippen LogP contribution in [-0.4, -0.2) is 59.5 Å². The van der Waals surface area contributed by atoms with E-state index >= 15 is 0 Å². The van der Waals surface area contributed by atoms with E-state index in [0.717, 1.165) is 12.4 Å². The van der Waals surface area contributed by atoms with Crippen LogP contribution in [0.25, 0.3) is 0 Å². The van der Waals surface area contributed by atoms with E-state index in [1.54, 1.807) is 30.3 Å². The molecule has 1 N–H and O–H groups in total. The summed E-state index contributed by atoms with van der Waals surface area (Å²) in [6, 6.07) is 6.28. The van der Waals surface area contributed by atoms with Gasteiger partial charge in [-0.25, -0.2) is 4.98 Å². The van der Waals surface area contributed by atoms with E-state index in [1.807, 2.05) is 0 Å². The van der Waals surface area contributed by atoms with Crippen LogP contribution in [-0.2, 0) is 0 Å². The smallest absolute Gasteiger partial charge is 0.255 e. The Hall–Kier alpha value is -2.13. The summed E-state index contributed by atoms with van der Waals surface area (Å²) in [5, 5.41) is 12.3. The van der Waals surface area contributed by atoms with E-state index in [0.29, 0.717) is 24.7 Å². The molecule has 1 aliphatic carbocycles. The number of hydrogen-bond acceptors (Lipinski definition) is 5. The van der Waals surface area contributed by atoms with E-state index in [1.165, 1.54) is 12.8 Å². The zero-order valence-corrected chi connectivity index (χ0v) is 12.1. The Labute approximate surface area is 124 Å². The highest BCUT2D eigenvalue weighted by molar-refractivity contribution is 5.94. The van der Waals surface area contributed by atoms with Gasteiger partial charge in [0.2, 0.25) is 0 Å². The molecular weight excluding hydrogens is 266 g/mol. The SMILES string of the molecule is CNc1ccc(C(=O)N2CCN(C3CC3)C(C#N)C2)cn1. The summed E-state index contributed by atoms with van der Waals surface area (Å²) in [7, 11) is 1.79. The second-order valence-corrected chi connectivity index (χ2v) is 5.55. The number of nitriles is 1. The predicted molar refractivity (Wildman–Crippen MR) is 78.8 cm³/mol. The van der Waals surface area contributed by atoms with Gasteiger partial charge in [0.15, 0.2) is 0 Å². The zero-order valence-electron chi connectivity index (χ0n) is 12.1. The Morgan fingerprint density at radius 3 is 2.81 bits per heavy atom. The van der Waals surface area contributed by atoms with Crippen LogP contribution in [0.3, 0.4) is 0 Å². The number of pyridine rings is 1. The molecule has 0 spiro atoms. The Bertz CT molecular complexity index is 560. The molecule has 3 rings (SSSR count). The number of carbonyl (C=O) groups excluding carboxylic acids is 1. The minimum atomic E-state index is -0.181. The summed E-state index contributed by atoms with van der Waals surface area (Å²) in [6.45, 7) is 1.96. The highest BCUT2D eigenvalue weighted by atomic mass is 16.2. The van der Waals surface area contributed by atoms with Gasteiger partial charge in [-0.1, -0.05) is 0 Å². The number of aromatic nitrogens is 1. The number of carbonyl (C=O) groups is 1. The van der Waals surface area contributed by atoms with Crippen LogP contribution in [0, 0.1) is 11.3 Å². The second kappa shape index (κ2) is 5.70. The molecule has 1 saturated heterocycles. The minimum absolute atomic E-state index is 0.0409. The van der Waals surface area contributed by atoms with Crippen molar-refractivity contribution in [3.63, 3.8) is 0 Å². The molecule has 0 radical (unpaired) electrons. The Morgan fingerprint density at radius 1 is 1.43 bits per heavy atom. The molecule has 2 heterocycles. The van der Waals surface area contributed by atoms with Gasteiger partial charge in [0.25, 0.3) is 5.91 Å². The fourth-order valence-electron chi connectivity index (χ4n) is 2.79. The van der Waals surface area contributed by atoms with Gasteiger partial charge in [0, 0.05) is 38.9 Å². The lowest BCUT2D eigenvalue weighted by atomic mass is 10.1. The van der Waals surface area contributed by atoms with Gasteiger partial charge < -0.3 is 10.2 Å². The molecule has 1 atom stereocenters. The van der Waals surface area contributed by atoms with Crippen molar-refractivity contribution in [3.05, 3.63) is 23.9 Å². The minimum Gasteiger partial charge on any atom is -0.373 e. The highest BCUT2D eigenvalue weighted by Crippen LogP contribution is 2.30. The predicted octanol–water partition coefficient (Wildman–Crippen LogP) is 0.936. The zero-order chi connectivity index (χ0) is 14.8. The molecule has 1 saturated carbocycles. The molecule has 1 aromatic heterocycles. The van der Waals surface area contributed by atoms with Crippen molar-refractivity contribution in [2.75, 3.05) is 32.0 Å². The lowest BCUT2D eigenvalue weighted by molar-refractivity contribution is 0.0550. The van der Waals surface area contributed by atoms with Gasteiger partial charge in [-0.15, -0.1) is 0 Å². The molecule has 0 bridgehead atoms. The maximum atomic E-state index is 12.5. The molecule has 1 aromatic rings. The van der Waals surface area contributed by atoms with Crippen molar-refractivity contribution in [3.8, 4) is 6.07 Å². The average Bonchev–Trinajstić information content (AvgIpc) is 3.38. The van der Waals surface area contributed by atoms with Gasteiger partial charge in [-0.05, 0) is 25.0 Å². The molecule has 6 heteroatoms. The van der Waals surface area contributed by atoms with Gasteiger partial charge in [0.1, 0.15) is 11.9 Å². The third-order valence-electron chi connectivity index (χ3n) is 4.14. The van der Waals surface area contributed by atoms with E-state index < -0.39 is 0 Å². The van der Waals surface area contributed by atoms with Gasteiger partial charge >= 0.3 is 0 Å². The summed E-state index contributed by atoms with van der Waals surface area (Å²) in [5.74, 6) is 0.695. The molecule has 1 aliphatic heterocycles. The maximum Gasteiger partial charge on any atom is 0.255 e. The van der Waals surface area contributed by atoms with Crippen molar-refractivity contribution in [1.29, 1.82) is 5.26 Å². The third kappa shape index (κ3) is 2.83. The summed E-state index contributed by atoms with van der Waals surface area (Å²) in [6.07, 6.45) is 3.95. The first kappa shape index (κ1) is 13.8. The quantitative estimate of drug-likeness (QED) is 0.894. The summed E-state index contributed by atoms with van der Waals surface area (Å²) < 4.78 is 0. The van der Waals surface area contributed by atoms with Crippen LogP contribution in [0.15, 0.2) is 18.3 Å². The molecule has 1 amide bonds. The molecule has 110 valence electrons. The van der Waals surface area contributed by atoms with Gasteiger partial charge in [-0.3, -0.25) is 9.69 Å². The average molecular weight is 285 g/mol. The maximum absolute atomic E-state index is 12.5. The number of rotatable bonds is 3. The fraction of sp³-hybridized carbons (Fsp3) is 0.533. The Kier molecular flexibility index (Phi) is 3.76. The van der Waals surface area contributed by atoms with Crippen LogP contribution in [0.1, 0.15) is 23.2 Å². The summed E-state index contributed by atoms with van der Waals surface area (Å²) in [5.41, 5.74) is 0.575. The van der Waals surface area contributed by atoms with Crippen molar-refractivity contribution in [1.82, 2.24) is 14.8 Å². The summed E-state index contributed by atoms with van der Waals surface area (Å²) >= 11 is 0. The first-order chi connectivity index (χ1) is 10.2. The Balaban J connectivity index is 1.68. The summed E-state index contributed by atoms with van der Waals surface area (Å²) in [4.78, 5) is 20.7. The van der Waals surface area contributed by atoms with E-state index in [2.05, 4.69) is 21.3 Å². The van der Waals surface area contributed by atoms with Crippen LogP contribution >= 0.6 is 0 Å². The monoisotopic (exact) mass is 285 g/mol. The van der Waals surface area contributed by atoms with Crippen LogP contribution in [0.5, 0.6) is 0 Å². The van der Waals surface area contributed by atoms with Gasteiger partial charge in [0.05, 0.1) is 11.6 Å². The number of amides is 1. The van der Waals surface area contributed by atoms with Crippen molar-refractivity contribution in [2.24, 2.45) is 0 Å². The first-order valence-corrected chi connectivity index (χ1v) is 7.31. The van der Waals surface area contributed by atoms with E-state index in [4.69, 9.17) is 0 Å². The molecule has 0 aromatic carbocycles. The van der Waals surface area contributed by atoms with Crippen LogP contribution in [0.2, 0.25) is 0 Å². The molecule has 2 aliphatic rings. The third-order valence-corrected chi connectivity index (χ3v) is 4.14. The molecule has 2 fully saturated rings.